The highest BCUT2D eigenvalue weighted by Crippen LogP contribution is 2.19. The van der Waals surface area contributed by atoms with Gasteiger partial charge in [0.2, 0.25) is 0 Å². The summed E-state index contributed by atoms with van der Waals surface area (Å²) in [6.07, 6.45) is 0. The number of halogens is 1. The Morgan fingerprint density at radius 1 is 1.21 bits per heavy atom. The number of benzene rings is 1. The van der Waals surface area contributed by atoms with Gasteiger partial charge < -0.3 is 15.5 Å². The molecule has 0 radical (unpaired) electrons. The second-order valence-electron chi connectivity index (χ2n) is 4.42. The van der Waals surface area contributed by atoms with Crippen molar-refractivity contribution in [3.05, 3.63) is 29.6 Å². The molecule has 1 heterocycles. The van der Waals surface area contributed by atoms with Gasteiger partial charge in [0.1, 0.15) is 5.82 Å². The maximum absolute atomic E-state index is 13.7. The van der Waals surface area contributed by atoms with Crippen LogP contribution in [0.2, 0.25) is 0 Å². The van der Waals surface area contributed by atoms with E-state index in [9.17, 15) is 14.0 Å². The highest BCUT2D eigenvalue weighted by Gasteiger charge is 2.32. The van der Waals surface area contributed by atoms with Crippen LogP contribution in [-0.4, -0.2) is 41.2 Å². The number of carbonyl (C=O) groups is 2. The maximum Gasteiger partial charge on any atom is 0.312 e. The number of piperazine rings is 1. The molecular formula is C13H16FN3O2. The Labute approximate surface area is 110 Å². The summed E-state index contributed by atoms with van der Waals surface area (Å²) >= 11 is 0. The predicted octanol–water partition coefficient (Wildman–Crippen LogP) is 0.599. The summed E-state index contributed by atoms with van der Waals surface area (Å²) in [5.41, 5.74) is 6.25. The molecule has 0 saturated carbocycles. The lowest BCUT2D eigenvalue weighted by Crippen LogP contribution is -2.53. The smallest absolute Gasteiger partial charge is 0.312 e. The molecule has 2 amide bonds. The molecule has 0 spiro atoms. The average Bonchev–Trinajstić information content (AvgIpc) is 2.39. The summed E-state index contributed by atoms with van der Waals surface area (Å²) in [5.74, 6) is -1.60. The quantitative estimate of drug-likeness (QED) is 0.643. The van der Waals surface area contributed by atoms with E-state index in [4.69, 9.17) is 5.73 Å². The molecule has 1 aromatic rings. The number of nitrogens with two attached hydrogens (primary N) is 1. The minimum Gasteiger partial charge on any atom is -0.398 e. The van der Waals surface area contributed by atoms with Gasteiger partial charge >= 0.3 is 11.8 Å². The Balaban J connectivity index is 2.16. The number of amides is 2. The molecule has 1 saturated heterocycles. The SMILES string of the molecule is CCN1CCN(Cc2c(N)cccc2F)C(=O)C1=O. The normalized spacial score (nSPS) is 16.1. The highest BCUT2D eigenvalue weighted by molar-refractivity contribution is 6.35. The number of carbonyl (C=O) groups excluding carboxylic acids is 2. The van der Waals surface area contributed by atoms with Crippen LogP contribution in [0.5, 0.6) is 0 Å². The zero-order valence-corrected chi connectivity index (χ0v) is 10.7. The van der Waals surface area contributed by atoms with Crippen LogP contribution in [0.15, 0.2) is 18.2 Å². The molecule has 1 fully saturated rings. The van der Waals surface area contributed by atoms with Gasteiger partial charge in [0, 0.05) is 30.9 Å². The van der Waals surface area contributed by atoms with Crippen molar-refractivity contribution in [2.75, 3.05) is 25.4 Å². The summed E-state index contributed by atoms with van der Waals surface area (Å²) in [5, 5.41) is 0. The van der Waals surface area contributed by atoms with Crippen LogP contribution in [0, 0.1) is 5.82 Å². The zero-order valence-electron chi connectivity index (χ0n) is 10.7. The first-order valence-corrected chi connectivity index (χ1v) is 6.15. The van der Waals surface area contributed by atoms with Crippen LogP contribution < -0.4 is 5.73 Å². The van der Waals surface area contributed by atoms with Crippen molar-refractivity contribution in [2.45, 2.75) is 13.5 Å². The van der Waals surface area contributed by atoms with Gasteiger partial charge in [-0.2, -0.15) is 0 Å². The molecule has 19 heavy (non-hydrogen) atoms. The number of anilines is 1. The van der Waals surface area contributed by atoms with Gasteiger partial charge in [-0.25, -0.2) is 4.39 Å². The van der Waals surface area contributed by atoms with E-state index in [0.717, 1.165) is 0 Å². The Hall–Kier alpha value is -2.11. The highest BCUT2D eigenvalue weighted by atomic mass is 19.1. The van der Waals surface area contributed by atoms with Crippen LogP contribution in [-0.2, 0) is 16.1 Å². The molecule has 0 aromatic heterocycles. The van der Waals surface area contributed by atoms with Gasteiger partial charge in [-0.1, -0.05) is 6.07 Å². The van der Waals surface area contributed by atoms with Crippen molar-refractivity contribution < 1.29 is 14.0 Å². The second-order valence-corrected chi connectivity index (χ2v) is 4.42. The Morgan fingerprint density at radius 2 is 1.84 bits per heavy atom. The van der Waals surface area contributed by atoms with Crippen LogP contribution in [0.3, 0.4) is 0 Å². The Morgan fingerprint density at radius 3 is 2.47 bits per heavy atom. The van der Waals surface area contributed by atoms with Crippen molar-refractivity contribution in [2.24, 2.45) is 0 Å². The van der Waals surface area contributed by atoms with Gasteiger partial charge in [-0.3, -0.25) is 9.59 Å². The zero-order chi connectivity index (χ0) is 14.0. The number of nitrogen functional groups attached to an aromatic ring is 1. The second kappa shape index (κ2) is 5.26. The van der Waals surface area contributed by atoms with Crippen LogP contribution in [0.4, 0.5) is 10.1 Å². The topological polar surface area (TPSA) is 66.6 Å². The molecule has 0 aliphatic carbocycles. The van der Waals surface area contributed by atoms with Gasteiger partial charge in [-0.15, -0.1) is 0 Å². The van der Waals surface area contributed by atoms with Crippen molar-refractivity contribution >= 4 is 17.5 Å². The Bertz CT molecular complexity index is 498. The van der Waals surface area contributed by atoms with E-state index in [1.165, 1.54) is 21.9 Å². The number of likely N-dealkylation sites (N-methyl/N-ethyl adjacent to an activating group) is 1. The number of nitrogens with zero attached hydrogens (tertiary/aromatic N) is 2. The molecule has 102 valence electrons. The summed E-state index contributed by atoms with van der Waals surface area (Å²) in [7, 11) is 0. The fourth-order valence-electron chi connectivity index (χ4n) is 2.10. The van der Waals surface area contributed by atoms with E-state index in [-0.39, 0.29) is 17.8 Å². The standard InChI is InChI=1S/C13H16FN3O2/c1-2-16-6-7-17(13(19)12(16)18)8-9-10(14)4-3-5-11(9)15/h3-5H,2,6-8,15H2,1H3. The molecule has 0 atom stereocenters. The van der Waals surface area contributed by atoms with E-state index in [0.29, 0.717) is 19.6 Å². The lowest BCUT2D eigenvalue weighted by molar-refractivity contribution is -0.156. The van der Waals surface area contributed by atoms with Crippen LogP contribution in [0.1, 0.15) is 12.5 Å². The van der Waals surface area contributed by atoms with Crippen molar-refractivity contribution in [1.82, 2.24) is 9.80 Å². The van der Waals surface area contributed by atoms with Gasteiger partial charge in [0.05, 0.1) is 6.54 Å². The minimum absolute atomic E-state index is 0.0284. The third kappa shape index (κ3) is 2.52. The van der Waals surface area contributed by atoms with Crippen LogP contribution in [0.25, 0.3) is 0 Å². The van der Waals surface area contributed by atoms with E-state index < -0.39 is 17.6 Å². The molecule has 1 aliphatic rings. The van der Waals surface area contributed by atoms with E-state index in [2.05, 4.69) is 0 Å². The summed E-state index contributed by atoms with van der Waals surface area (Å²) in [6, 6.07) is 4.38. The number of hydrogen-bond acceptors (Lipinski definition) is 3. The molecule has 2 N–H and O–H groups in total. The van der Waals surface area contributed by atoms with Gasteiger partial charge in [0.25, 0.3) is 0 Å². The van der Waals surface area contributed by atoms with E-state index >= 15 is 0 Å². The summed E-state index contributed by atoms with van der Waals surface area (Å²) in [4.78, 5) is 26.4. The summed E-state index contributed by atoms with van der Waals surface area (Å²) in [6.45, 7) is 3.21. The molecule has 2 rings (SSSR count). The molecule has 1 aromatic carbocycles. The Kier molecular flexibility index (Phi) is 3.69. The maximum atomic E-state index is 13.7. The molecule has 1 aliphatic heterocycles. The van der Waals surface area contributed by atoms with E-state index in [1.807, 2.05) is 6.92 Å². The van der Waals surface area contributed by atoms with Gasteiger partial charge in [0.15, 0.2) is 0 Å². The first-order chi connectivity index (χ1) is 9.04. The fourth-order valence-corrected chi connectivity index (χ4v) is 2.10. The predicted molar refractivity (Wildman–Crippen MR) is 68.5 cm³/mol. The molecule has 6 heteroatoms. The van der Waals surface area contributed by atoms with Gasteiger partial charge in [-0.05, 0) is 19.1 Å². The molecule has 0 unspecified atom stereocenters. The van der Waals surface area contributed by atoms with Crippen molar-refractivity contribution in [3.8, 4) is 0 Å². The molecular weight excluding hydrogens is 249 g/mol. The van der Waals surface area contributed by atoms with Crippen molar-refractivity contribution in [3.63, 3.8) is 0 Å². The fraction of sp³-hybridized carbons (Fsp3) is 0.385. The monoisotopic (exact) mass is 265 g/mol. The minimum atomic E-state index is -0.601. The average molecular weight is 265 g/mol. The lowest BCUT2D eigenvalue weighted by atomic mass is 10.1. The van der Waals surface area contributed by atoms with Crippen molar-refractivity contribution in [1.29, 1.82) is 0 Å². The number of hydrogen-bond donors (Lipinski definition) is 1. The first-order valence-electron chi connectivity index (χ1n) is 6.15. The molecule has 5 nitrogen and oxygen atoms in total. The number of rotatable bonds is 3. The first kappa shape index (κ1) is 13.3. The lowest BCUT2D eigenvalue weighted by Gasteiger charge is -2.33. The van der Waals surface area contributed by atoms with E-state index in [1.54, 1.807) is 6.07 Å². The van der Waals surface area contributed by atoms with Crippen LogP contribution >= 0.6 is 0 Å². The largest absolute Gasteiger partial charge is 0.398 e. The third-order valence-electron chi connectivity index (χ3n) is 3.28. The third-order valence-corrected chi connectivity index (χ3v) is 3.28. The summed E-state index contributed by atoms with van der Waals surface area (Å²) < 4.78 is 13.7. The molecule has 0 bridgehead atoms.